The summed E-state index contributed by atoms with van der Waals surface area (Å²) in [4.78, 5) is 29.0. The van der Waals surface area contributed by atoms with Gasteiger partial charge < -0.3 is 15.0 Å². The summed E-state index contributed by atoms with van der Waals surface area (Å²) in [6.07, 6.45) is 0.886. The van der Waals surface area contributed by atoms with Crippen molar-refractivity contribution in [2.45, 2.75) is 63.9 Å². The molecule has 2 amide bonds. The van der Waals surface area contributed by atoms with Gasteiger partial charge >= 0.3 is 0 Å². The number of carbonyl (C=O) groups excluding carboxylic acids is 2. The molecule has 41 heavy (non-hydrogen) atoms. The lowest BCUT2D eigenvalue weighted by atomic mass is 10.1. The highest BCUT2D eigenvalue weighted by Crippen LogP contribution is 2.26. The highest BCUT2D eigenvalue weighted by Gasteiger charge is 2.34. The highest BCUT2D eigenvalue weighted by molar-refractivity contribution is 7.92. The van der Waals surface area contributed by atoms with Gasteiger partial charge in [0.2, 0.25) is 11.8 Å². The van der Waals surface area contributed by atoms with Gasteiger partial charge in [-0.2, -0.15) is 0 Å². The van der Waals surface area contributed by atoms with Gasteiger partial charge in [-0.15, -0.1) is 0 Å². The van der Waals surface area contributed by atoms with Crippen molar-refractivity contribution in [1.29, 1.82) is 0 Å². The second kappa shape index (κ2) is 14.2. The summed E-state index contributed by atoms with van der Waals surface area (Å²) in [6, 6.07) is 23.5. The maximum Gasteiger partial charge on any atom is 0.264 e. The Kier molecular flexibility index (Phi) is 10.9. The van der Waals surface area contributed by atoms with Crippen molar-refractivity contribution in [3.8, 4) is 5.75 Å². The third-order valence-corrected chi connectivity index (χ3v) is 8.20. The van der Waals surface area contributed by atoms with Gasteiger partial charge in [0, 0.05) is 12.1 Å². The molecule has 3 rings (SSSR count). The summed E-state index contributed by atoms with van der Waals surface area (Å²) in [5, 5.41) is 2.98. The van der Waals surface area contributed by atoms with E-state index in [9.17, 15) is 18.0 Å². The normalized spacial score (nSPS) is 12.3. The van der Waals surface area contributed by atoms with E-state index in [0.29, 0.717) is 30.9 Å². The van der Waals surface area contributed by atoms with Crippen LogP contribution in [-0.2, 0) is 26.0 Å². The van der Waals surface area contributed by atoms with Gasteiger partial charge in [-0.3, -0.25) is 13.9 Å². The molecule has 0 aliphatic heterocycles. The minimum atomic E-state index is -4.11. The number of amides is 2. The maximum atomic E-state index is 14.1. The average molecular weight is 580 g/mol. The Morgan fingerprint density at radius 2 is 1.46 bits per heavy atom. The van der Waals surface area contributed by atoms with E-state index in [2.05, 4.69) is 5.32 Å². The van der Waals surface area contributed by atoms with E-state index in [0.717, 1.165) is 9.87 Å². The van der Waals surface area contributed by atoms with Crippen LogP contribution in [-0.4, -0.2) is 56.4 Å². The minimum absolute atomic E-state index is 0.0648. The number of benzene rings is 3. The van der Waals surface area contributed by atoms with Crippen LogP contribution in [0.5, 0.6) is 5.75 Å². The van der Waals surface area contributed by atoms with Gasteiger partial charge in [0.25, 0.3) is 10.0 Å². The Morgan fingerprint density at radius 3 is 2.00 bits per heavy atom. The van der Waals surface area contributed by atoms with Crippen LogP contribution in [0.2, 0.25) is 0 Å². The van der Waals surface area contributed by atoms with E-state index in [1.807, 2.05) is 65.0 Å². The van der Waals surface area contributed by atoms with Crippen molar-refractivity contribution >= 4 is 27.5 Å². The number of rotatable bonds is 13. The van der Waals surface area contributed by atoms with Crippen molar-refractivity contribution in [3.05, 3.63) is 90.5 Å². The Balaban J connectivity index is 2.01. The molecule has 0 saturated heterocycles. The zero-order valence-electron chi connectivity index (χ0n) is 24.5. The molecule has 0 fully saturated rings. The quantitative estimate of drug-likeness (QED) is 0.306. The standard InChI is InChI=1S/C32H41N3O5S/c1-6-29(31(37)33-32(3,4)5)34(23-22-25-14-10-8-11-15-25)30(36)24-35(26-18-20-27(21-19-26)40-7-2)41(38,39)28-16-12-9-13-17-28/h8-21,29H,6-7,22-24H2,1-5H3,(H,33,37). The number of carbonyl (C=O) groups is 2. The predicted molar refractivity (Wildman–Crippen MR) is 162 cm³/mol. The molecule has 0 saturated carbocycles. The first kappa shape index (κ1) is 31.7. The molecule has 0 spiro atoms. The van der Waals surface area contributed by atoms with Crippen LogP contribution in [0.1, 0.15) is 46.6 Å². The van der Waals surface area contributed by atoms with Gasteiger partial charge in [-0.1, -0.05) is 55.5 Å². The summed E-state index contributed by atoms with van der Waals surface area (Å²) < 4.78 is 34.4. The molecule has 3 aromatic carbocycles. The molecule has 0 aliphatic carbocycles. The molecule has 0 aromatic heterocycles. The van der Waals surface area contributed by atoms with Crippen molar-refractivity contribution in [2.75, 3.05) is 24.0 Å². The van der Waals surface area contributed by atoms with E-state index in [1.54, 1.807) is 42.5 Å². The molecule has 1 atom stereocenters. The van der Waals surface area contributed by atoms with Gasteiger partial charge in [0.1, 0.15) is 18.3 Å². The first-order chi connectivity index (χ1) is 19.5. The summed E-state index contributed by atoms with van der Waals surface area (Å²) in [7, 11) is -4.11. The monoisotopic (exact) mass is 579 g/mol. The molecule has 0 heterocycles. The highest BCUT2D eigenvalue weighted by atomic mass is 32.2. The summed E-state index contributed by atoms with van der Waals surface area (Å²) in [5.74, 6) is -0.154. The number of nitrogens with zero attached hydrogens (tertiary/aromatic N) is 2. The smallest absolute Gasteiger partial charge is 0.264 e. The molecule has 3 aromatic rings. The fourth-order valence-electron chi connectivity index (χ4n) is 4.47. The maximum absolute atomic E-state index is 14.1. The van der Waals surface area contributed by atoms with Crippen LogP contribution in [0.25, 0.3) is 0 Å². The first-order valence-corrected chi connectivity index (χ1v) is 15.4. The predicted octanol–water partition coefficient (Wildman–Crippen LogP) is 5.05. The van der Waals surface area contributed by atoms with Crippen molar-refractivity contribution in [2.24, 2.45) is 0 Å². The second-order valence-electron chi connectivity index (χ2n) is 10.7. The molecular formula is C32H41N3O5S. The Hall–Kier alpha value is -3.85. The molecule has 0 bridgehead atoms. The van der Waals surface area contributed by atoms with E-state index < -0.39 is 34.1 Å². The van der Waals surface area contributed by atoms with Crippen LogP contribution in [0.15, 0.2) is 89.8 Å². The lowest BCUT2D eigenvalue weighted by Crippen LogP contribution is -2.56. The number of hydrogen-bond acceptors (Lipinski definition) is 5. The number of sulfonamides is 1. The Labute approximate surface area is 244 Å². The van der Waals surface area contributed by atoms with Gasteiger partial charge in [0.15, 0.2) is 0 Å². The minimum Gasteiger partial charge on any atom is -0.494 e. The largest absolute Gasteiger partial charge is 0.494 e. The first-order valence-electron chi connectivity index (χ1n) is 13.9. The molecular weight excluding hydrogens is 538 g/mol. The number of nitrogens with one attached hydrogen (secondary N) is 1. The topological polar surface area (TPSA) is 96.0 Å². The Morgan fingerprint density at radius 1 is 0.878 bits per heavy atom. The average Bonchev–Trinajstić information content (AvgIpc) is 2.94. The van der Waals surface area contributed by atoms with Crippen LogP contribution in [0.4, 0.5) is 5.69 Å². The third kappa shape index (κ3) is 8.82. The van der Waals surface area contributed by atoms with E-state index >= 15 is 0 Å². The molecule has 0 radical (unpaired) electrons. The van der Waals surface area contributed by atoms with Gasteiger partial charge in [-0.25, -0.2) is 8.42 Å². The molecule has 1 N–H and O–H groups in total. The van der Waals surface area contributed by atoms with E-state index in [-0.39, 0.29) is 17.3 Å². The van der Waals surface area contributed by atoms with Crippen LogP contribution in [0, 0.1) is 0 Å². The zero-order chi connectivity index (χ0) is 30.0. The second-order valence-corrected chi connectivity index (χ2v) is 12.6. The van der Waals surface area contributed by atoms with Crippen LogP contribution in [0.3, 0.4) is 0 Å². The lowest BCUT2D eigenvalue weighted by Gasteiger charge is -2.34. The number of anilines is 1. The fourth-order valence-corrected chi connectivity index (χ4v) is 5.91. The zero-order valence-corrected chi connectivity index (χ0v) is 25.4. The molecule has 9 heteroatoms. The SMILES string of the molecule is CCOc1ccc(N(CC(=O)N(CCc2ccccc2)C(CC)C(=O)NC(C)(C)C)S(=O)(=O)c2ccccc2)cc1. The van der Waals surface area contributed by atoms with E-state index in [1.165, 1.54) is 17.0 Å². The summed E-state index contributed by atoms with van der Waals surface area (Å²) in [5.41, 5.74) is 0.835. The molecule has 8 nitrogen and oxygen atoms in total. The third-order valence-electron chi connectivity index (χ3n) is 6.41. The number of ether oxygens (including phenoxy) is 1. The van der Waals surface area contributed by atoms with Crippen LogP contribution >= 0.6 is 0 Å². The van der Waals surface area contributed by atoms with Crippen molar-refractivity contribution in [1.82, 2.24) is 10.2 Å². The fraction of sp³-hybridized carbons (Fsp3) is 0.375. The summed E-state index contributed by atoms with van der Waals surface area (Å²) >= 11 is 0. The summed E-state index contributed by atoms with van der Waals surface area (Å²) in [6.45, 7) is 9.61. The lowest BCUT2D eigenvalue weighted by molar-refractivity contribution is -0.140. The van der Waals surface area contributed by atoms with Gasteiger partial charge in [-0.05, 0) is 82.5 Å². The van der Waals surface area contributed by atoms with Crippen LogP contribution < -0.4 is 14.4 Å². The molecule has 1 unspecified atom stereocenters. The van der Waals surface area contributed by atoms with Crippen molar-refractivity contribution in [3.63, 3.8) is 0 Å². The number of hydrogen-bond donors (Lipinski definition) is 1. The Bertz CT molecular complexity index is 1370. The molecule has 220 valence electrons. The van der Waals surface area contributed by atoms with E-state index in [4.69, 9.17) is 4.74 Å². The van der Waals surface area contributed by atoms with Crippen molar-refractivity contribution < 1.29 is 22.7 Å². The molecule has 0 aliphatic rings. The van der Waals surface area contributed by atoms with Gasteiger partial charge in [0.05, 0.1) is 17.2 Å².